The number of hydrogen-bond donors (Lipinski definition) is 1. The minimum Gasteiger partial charge on any atom is -0.375 e. The second-order valence-corrected chi connectivity index (χ2v) is 11.9. The molecule has 6 aromatic rings. The number of rotatable bonds is 5. The topological polar surface area (TPSA) is 98.0 Å². The first-order chi connectivity index (χ1) is 18.9. The molecule has 7 rings (SSSR count). The van der Waals surface area contributed by atoms with Crippen molar-refractivity contribution in [3.8, 4) is 21.8 Å². The van der Waals surface area contributed by atoms with E-state index in [4.69, 9.17) is 4.98 Å². The summed E-state index contributed by atoms with van der Waals surface area (Å²) in [6.45, 7) is 0. The van der Waals surface area contributed by atoms with Gasteiger partial charge in [0.1, 0.15) is 5.01 Å². The Bertz CT molecular complexity index is 2010. The van der Waals surface area contributed by atoms with E-state index in [2.05, 4.69) is 9.97 Å². The molecule has 0 fully saturated rings. The van der Waals surface area contributed by atoms with Crippen molar-refractivity contribution >= 4 is 38.5 Å². The van der Waals surface area contributed by atoms with E-state index < -0.39 is 15.6 Å². The predicted molar refractivity (Wildman–Crippen MR) is 152 cm³/mol. The molecule has 0 saturated carbocycles. The maximum atomic E-state index is 13.5. The predicted octanol–water partition coefficient (Wildman–Crippen LogP) is 5.72. The van der Waals surface area contributed by atoms with Crippen molar-refractivity contribution in [2.75, 3.05) is 0 Å². The normalized spacial score (nSPS) is 16.5. The van der Waals surface area contributed by atoms with Crippen molar-refractivity contribution in [3.63, 3.8) is 0 Å². The zero-order chi connectivity index (χ0) is 26.6. The number of fused-ring (bicyclic) bond motifs is 2. The molecule has 190 valence electrons. The molecule has 0 radical (unpaired) electrons. The highest BCUT2D eigenvalue weighted by atomic mass is 32.2. The first kappa shape index (κ1) is 23.7. The zero-order valence-electron chi connectivity index (χ0n) is 20.3. The van der Waals surface area contributed by atoms with Gasteiger partial charge in [0.05, 0.1) is 16.3 Å². The summed E-state index contributed by atoms with van der Waals surface area (Å²) in [7, 11) is -3.85. The molecule has 0 aliphatic heterocycles. The standard InChI is InChI=1S/C30H20N4O3S2/c35-30(14-13-20-8-5-15-31-27(20)30)22-9-4-7-21(17-22)26-19-38-29(33-26)25-18-34(28-24(25)12-6-16-32-28)39(36,37)23-10-2-1-3-11-23/h1-19,35H/t30-/m1/s1. The Labute approximate surface area is 228 Å². The second kappa shape index (κ2) is 8.81. The fourth-order valence-corrected chi connectivity index (χ4v) is 7.13. The van der Waals surface area contributed by atoms with Gasteiger partial charge in [-0.1, -0.05) is 48.5 Å². The van der Waals surface area contributed by atoms with Crippen molar-refractivity contribution in [3.05, 3.63) is 126 Å². The molecule has 0 spiro atoms. The summed E-state index contributed by atoms with van der Waals surface area (Å²) in [6, 6.07) is 23.3. The van der Waals surface area contributed by atoms with E-state index in [1.165, 1.54) is 15.3 Å². The van der Waals surface area contributed by atoms with Crippen LogP contribution in [0.1, 0.15) is 16.8 Å². The van der Waals surface area contributed by atoms with E-state index in [0.29, 0.717) is 32.9 Å². The molecule has 4 aromatic heterocycles. The van der Waals surface area contributed by atoms with Crippen molar-refractivity contribution in [1.82, 2.24) is 18.9 Å². The van der Waals surface area contributed by atoms with E-state index in [1.54, 1.807) is 61.1 Å². The molecule has 2 aromatic carbocycles. The SMILES string of the molecule is O=S(=O)(c1ccccc1)n1cc(-c2nc(-c3cccc([C@]4(O)C=Cc5cccnc54)c3)cs2)c2cccnc21. The molecule has 1 aliphatic rings. The van der Waals surface area contributed by atoms with Crippen molar-refractivity contribution in [2.45, 2.75) is 10.5 Å². The summed E-state index contributed by atoms with van der Waals surface area (Å²) in [5.41, 5.74) is 3.43. The number of thiazole rings is 1. The largest absolute Gasteiger partial charge is 0.375 e. The van der Waals surface area contributed by atoms with Gasteiger partial charge in [0.2, 0.25) is 0 Å². The van der Waals surface area contributed by atoms with Gasteiger partial charge >= 0.3 is 0 Å². The monoisotopic (exact) mass is 548 g/mol. The Morgan fingerprint density at radius 2 is 1.72 bits per heavy atom. The number of nitrogens with zero attached hydrogens (tertiary/aromatic N) is 4. The minimum atomic E-state index is -3.85. The van der Waals surface area contributed by atoms with Crippen LogP contribution in [0.4, 0.5) is 0 Å². The summed E-state index contributed by atoms with van der Waals surface area (Å²) < 4.78 is 28.2. The van der Waals surface area contributed by atoms with Crippen LogP contribution in [0, 0.1) is 0 Å². The van der Waals surface area contributed by atoms with Gasteiger partial charge < -0.3 is 5.11 Å². The van der Waals surface area contributed by atoms with E-state index in [-0.39, 0.29) is 4.90 Å². The summed E-state index contributed by atoms with van der Waals surface area (Å²) in [4.78, 5) is 13.9. The molecule has 1 aliphatic carbocycles. The maximum absolute atomic E-state index is 13.5. The first-order valence-corrected chi connectivity index (χ1v) is 14.5. The highest BCUT2D eigenvalue weighted by Crippen LogP contribution is 2.40. The molecule has 0 saturated heterocycles. The van der Waals surface area contributed by atoms with E-state index in [1.807, 2.05) is 53.9 Å². The third kappa shape index (κ3) is 3.74. The van der Waals surface area contributed by atoms with Crippen LogP contribution in [0.3, 0.4) is 0 Å². The highest BCUT2D eigenvalue weighted by molar-refractivity contribution is 7.90. The lowest BCUT2D eigenvalue weighted by atomic mass is 9.90. The summed E-state index contributed by atoms with van der Waals surface area (Å²) in [5, 5.41) is 14.8. The van der Waals surface area contributed by atoms with Crippen molar-refractivity contribution in [2.24, 2.45) is 0 Å². The second-order valence-electron chi connectivity index (χ2n) is 9.19. The Balaban J connectivity index is 1.30. The number of pyridine rings is 2. The minimum absolute atomic E-state index is 0.186. The van der Waals surface area contributed by atoms with E-state index in [0.717, 1.165) is 16.8 Å². The molecule has 1 atom stereocenters. The smallest absolute Gasteiger partial charge is 0.269 e. The fraction of sp³-hybridized carbons (Fsp3) is 0.0333. The molecule has 1 N–H and O–H groups in total. The lowest BCUT2D eigenvalue weighted by molar-refractivity contribution is 0.133. The molecule has 9 heteroatoms. The summed E-state index contributed by atoms with van der Waals surface area (Å²) >= 11 is 1.42. The van der Waals surface area contributed by atoms with Gasteiger partial charge in [-0.15, -0.1) is 11.3 Å². The number of aliphatic hydroxyl groups is 1. The van der Waals surface area contributed by atoms with E-state index in [9.17, 15) is 13.5 Å². The average molecular weight is 549 g/mol. The van der Waals surface area contributed by atoms with Gasteiger partial charge in [0.25, 0.3) is 10.0 Å². The molecule has 0 amide bonds. The van der Waals surface area contributed by atoms with Gasteiger partial charge in [-0.05, 0) is 53.6 Å². The molecule has 0 bridgehead atoms. The third-order valence-corrected chi connectivity index (χ3v) is 9.41. The lowest BCUT2D eigenvalue weighted by Gasteiger charge is -2.22. The Morgan fingerprint density at radius 3 is 2.59 bits per heavy atom. The first-order valence-electron chi connectivity index (χ1n) is 12.2. The summed E-state index contributed by atoms with van der Waals surface area (Å²) in [6.07, 6.45) is 8.48. The van der Waals surface area contributed by atoms with Gasteiger partial charge in [-0.2, -0.15) is 0 Å². The van der Waals surface area contributed by atoms with Gasteiger partial charge in [-0.3, -0.25) is 4.98 Å². The summed E-state index contributed by atoms with van der Waals surface area (Å²) in [5.74, 6) is 0. The van der Waals surface area contributed by atoms with Crippen LogP contribution >= 0.6 is 11.3 Å². The van der Waals surface area contributed by atoms with Crippen LogP contribution < -0.4 is 0 Å². The number of hydrogen-bond acceptors (Lipinski definition) is 7. The Hall–Kier alpha value is -4.44. The quantitative estimate of drug-likeness (QED) is 0.296. The average Bonchev–Trinajstić information content (AvgIpc) is 3.70. The van der Waals surface area contributed by atoms with Crippen LogP contribution in [-0.4, -0.2) is 32.4 Å². The third-order valence-electron chi connectivity index (χ3n) is 6.87. The van der Waals surface area contributed by atoms with Gasteiger partial charge in [0.15, 0.2) is 11.2 Å². The number of aromatic nitrogens is 4. The fourth-order valence-electron chi connectivity index (χ4n) is 4.93. The van der Waals surface area contributed by atoms with Crippen LogP contribution in [0.2, 0.25) is 0 Å². The van der Waals surface area contributed by atoms with E-state index >= 15 is 0 Å². The van der Waals surface area contributed by atoms with Gasteiger partial charge in [0, 0.05) is 40.5 Å². The molecule has 7 nitrogen and oxygen atoms in total. The maximum Gasteiger partial charge on any atom is 0.269 e. The lowest BCUT2D eigenvalue weighted by Crippen LogP contribution is -2.24. The molecular formula is C30H20N4O3S2. The molecular weight excluding hydrogens is 528 g/mol. The van der Waals surface area contributed by atoms with Gasteiger partial charge in [-0.25, -0.2) is 22.4 Å². The van der Waals surface area contributed by atoms with Crippen LogP contribution in [0.25, 0.3) is 38.9 Å². The van der Waals surface area contributed by atoms with Crippen LogP contribution in [0.5, 0.6) is 0 Å². The zero-order valence-corrected chi connectivity index (χ0v) is 22.0. The van der Waals surface area contributed by atoms with Crippen LogP contribution in [-0.2, 0) is 15.6 Å². The molecule has 4 heterocycles. The number of benzene rings is 2. The molecule has 0 unspecified atom stereocenters. The Kier molecular flexibility index (Phi) is 5.34. The molecule has 39 heavy (non-hydrogen) atoms. The Morgan fingerprint density at radius 1 is 0.897 bits per heavy atom. The highest BCUT2D eigenvalue weighted by Gasteiger charge is 2.36. The van der Waals surface area contributed by atoms with Crippen molar-refractivity contribution < 1.29 is 13.5 Å². The van der Waals surface area contributed by atoms with Crippen molar-refractivity contribution in [1.29, 1.82) is 0 Å². The van der Waals surface area contributed by atoms with Crippen LogP contribution in [0.15, 0.2) is 114 Å².